The van der Waals surface area contributed by atoms with Crippen LogP contribution in [0.1, 0.15) is 31.9 Å². The topological polar surface area (TPSA) is 91.8 Å². The molecule has 2 aromatic heterocycles. The standard InChI is InChI=1S/C19H18N4O2S2/c1-19(2,3)14-6-4-12(5-7-14)16-22-23-18(25-16)27-11-15(24)21-17-13(10-20)8-9-26-17/h4-9H,11H2,1-3H3,(H,21,24). The second-order valence-electron chi connectivity index (χ2n) is 6.81. The van der Waals surface area contributed by atoms with Crippen LogP contribution in [0.4, 0.5) is 5.00 Å². The fraction of sp³-hybridized carbons (Fsp3) is 0.263. The van der Waals surface area contributed by atoms with Crippen LogP contribution in [0, 0.1) is 11.3 Å². The summed E-state index contributed by atoms with van der Waals surface area (Å²) in [6.45, 7) is 6.47. The molecule has 2 heterocycles. The summed E-state index contributed by atoms with van der Waals surface area (Å²) in [5.74, 6) is 0.310. The molecule has 8 heteroatoms. The maximum atomic E-state index is 12.0. The number of aromatic nitrogens is 2. The number of nitriles is 1. The van der Waals surface area contributed by atoms with Crippen molar-refractivity contribution in [1.29, 1.82) is 5.26 Å². The van der Waals surface area contributed by atoms with Gasteiger partial charge in [0.15, 0.2) is 0 Å². The second-order valence-corrected chi connectivity index (χ2v) is 8.66. The Morgan fingerprint density at radius 1 is 1.26 bits per heavy atom. The Hall–Kier alpha value is -2.63. The molecule has 3 rings (SSSR count). The summed E-state index contributed by atoms with van der Waals surface area (Å²) in [6, 6.07) is 11.7. The van der Waals surface area contributed by atoms with Gasteiger partial charge in [0.1, 0.15) is 11.1 Å². The van der Waals surface area contributed by atoms with Crippen molar-refractivity contribution in [2.24, 2.45) is 0 Å². The van der Waals surface area contributed by atoms with Gasteiger partial charge in [0.25, 0.3) is 5.22 Å². The molecular formula is C19H18N4O2S2. The molecule has 138 valence electrons. The van der Waals surface area contributed by atoms with Crippen LogP contribution >= 0.6 is 23.1 Å². The Labute approximate surface area is 165 Å². The van der Waals surface area contributed by atoms with Gasteiger partial charge in [-0.25, -0.2) is 0 Å². The molecule has 0 saturated heterocycles. The average Bonchev–Trinajstić information content (AvgIpc) is 3.28. The van der Waals surface area contributed by atoms with Gasteiger partial charge in [0.05, 0.1) is 11.3 Å². The molecule has 27 heavy (non-hydrogen) atoms. The lowest BCUT2D eigenvalue weighted by molar-refractivity contribution is -0.113. The van der Waals surface area contributed by atoms with Crippen LogP contribution in [0.3, 0.4) is 0 Å². The van der Waals surface area contributed by atoms with Crippen LogP contribution < -0.4 is 5.32 Å². The minimum Gasteiger partial charge on any atom is -0.411 e. The van der Waals surface area contributed by atoms with Crippen molar-refractivity contribution in [3.05, 3.63) is 46.8 Å². The number of hydrogen-bond donors (Lipinski definition) is 1. The van der Waals surface area contributed by atoms with Crippen molar-refractivity contribution < 1.29 is 9.21 Å². The van der Waals surface area contributed by atoms with E-state index in [0.717, 1.165) is 17.3 Å². The highest BCUT2D eigenvalue weighted by Crippen LogP contribution is 2.27. The lowest BCUT2D eigenvalue weighted by atomic mass is 9.87. The molecule has 0 fully saturated rings. The Kier molecular flexibility index (Phi) is 5.63. The summed E-state index contributed by atoms with van der Waals surface area (Å²) >= 11 is 2.47. The Morgan fingerprint density at radius 3 is 2.67 bits per heavy atom. The van der Waals surface area contributed by atoms with Gasteiger partial charge in [-0.05, 0) is 34.6 Å². The quantitative estimate of drug-likeness (QED) is 0.627. The van der Waals surface area contributed by atoms with E-state index in [0.29, 0.717) is 21.7 Å². The van der Waals surface area contributed by atoms with Crippen molar-refractivity contribution in [1.82, 2.24) is 10.2 Å². The number of nitrogens with zero attached hydrogens (tertiary/aromatic N) is 3. The van der Waals surface area contributed by atoms with Crippen molar-refractivity contribution in [2.45, 2.75) is 31.4 Å². The molecule has 6 nitrogen and oxygen atoms in total. The number of nitrogens with one attached hydrogen (secondary N) is 1. The fourth-order valence-electron chi connectivity index (χ4n) is 2.28. The highest BCUT2D eigenvalue weighted by atomic mass is 32.2. The summed E-state index contributed by atoms with van der Waals surface area (Å²) in [5, 5.41) is 22.4. The van der Waals surface area contributed by atoms with Crippen LogP contribution in [0.15, 0.2) is 45.4 Å². The molecule has 1 amide bonds. The SMILES string of the molecule is CC(C)(C)c1ccc(-c2nnc(SCC(=O)Nc3sccc3C#N)o2)cc1. The molecule has 1 aromatic carbocycles. The first-order valence-electron chi connectivity index (χ1n) is 8.21. The zero-order chi connectivity index (χ0) is 19.4. The fourth-order valence-corrected chi connectivity index (χ4v) is 3.60. The maximum Gasteiger partial charge on any atom is 0.277 e. The van der Waals surface area contributed by atoms with Gasteiger partial charge in [0, 0.05) is 5.56 Å². The minimum atomic E-state index is -0.228. The van der Waals surface area contributed by atoms with E-state index in [1.807, 2.05) is 30.3 Å². The highest BCUT2D eigenvalue weighted by molar-refractivity contribution is 7.99. The molecule has 0 radical (unpaired) electrons. The summed E-state index contributed by atoms with van der Waals surface area (Å²) < 4.78 is 5.64. The number of thiophene rings is 1. The predicted octanol–water partition coefficient (Wildman–Crippen LogP) is 4.70. The molecule has 0 unspecified atom stereocenters. The van der Waals surface area contributed by atoms with Crippen molar-refractivity contribution in [3.63, 3.8) is 0 Å². The number of benzene rings is 1. The Bertz CT molecular complexity index is 978. The molecule has 0 spiro atoms. The van der Waals surface area contributed by atoms with Crippen molar-refractivity contribution in [3.8, 4) is 17.5 Å². The predicted molar refractivity (Wildman–Crippen MR) is 107 cm³/mol. The molecule has 0 aliphatic heterocycles. The molecule has 0 aliphatic carbocycles. The van der Waals surface area contributed by atoms with Crippen LogP contribution in [0.25, 0.3) is 11.5 Å². The average molecular weight is 399 g/mol. The van der Waals surface area contributed by atoms with Crippen molar-refractivity contribution in [2.75, 3.05) is 11.1 Å². The summed E-state index contributed by atoms with van der Waals surface area (Å²) in [5.41, 5.74) is 2.60. The molecule has 0 aliphatic rings. The number of hydrogen-bond acceptors (Lipinski definition) is 7. The zero-order valence-corrected chi connectivity index (χ0v) is 16.8. The molecular weight excluding hydrogens is 380 g/mol. The van der Waals surface area contributed by atoms with Gasteiger partial charge in [-0.1, -0.05) is 44.7 Å². The Morgan fingerprint density at radius 2 is 2.00 bits per heavy atom. The molecule has 0 bridgehead atoms. The van der Waals surface area contributed by atoms with Crippen LogP contribution in [-0.4, -0.2) is 21.9 Å². The van der Waals surface area contributed by atoms with Crippen molar-refractivity contribution >= 4 is 34.0 Å². The lowest BCUT2D eigenvalue weighted by Gasteiger charge is -2.18. The van der Waals surface area contributed by atoms with E-state index in [4.69, 9.17) is 9.68 Å². The number of rotatable bonds is 5. The summed E-state index contributed by atoms with van der Waals surface area (Å²) in [6.07, 6.45) is 0. The monoisotopic (exact) mass is 398 g/mol. The van der Waals surface area contributed by atoms with Crippen LogP contribution in [0.5, 0.6) is 0 Å². The molecule has 1 N–H and O–H groups in total. The smallest absolute Gasteiger partial charge is 0.277 e. The van der Waals surface area contributed by atoms with E-state index >= 15 is 0 Å². The van der Waals surface area contributed by atoms with Gasteiger partial charge in [-0.15, -0.1) is 21.5 Å². The van der Waals surface area contributed by atoms with Gasteiger partial charge >= 0.3 is 0 Å². The Balaban J connectivity index is 1.59. The number of carbonyl (C=O) groups excluding carboxylic acids is 1. The van der Waals surface area contributed by atoms with E-state index in [-0.39, 0.29) is 17.1 Å². The number of anilines is 1. The number of thioether (sulfide) groups is 1. The first kappa shape index (κ1) is 19.1. The third-order valence-electron chi connectivity index (χ3n) is 3.77. The highest BCUT2D eigenvalue weighted by Gasteiger charge is 2.16. The van der Waals surface area contributed by atoms with E-state index in [1.165, 1.54) is 16.9 Å². The van der Waals surface area contributed by atoms with E-state index < -0.39 is 0 Å². The van der Waals surface area contributed by atoms with E-state index in [1.54, 1.807) is 11.4 Å². The first-order chi connectivity index (χ1) is 12.9. The maximum absolute atomic E-state index is 12.0. The molecule has 3 aromatic rings. The summed E-state index contributed by atoms with van der Waals surface area (Å²) in [4.78, 5) is 12.0. The van der Waals surface area contributed by atoms with Gasteiger partial charge < -0.3 is 9.73 Å². The number of amides is 1. The van der Waals surface area contributed by atoms with Crippen LogP contribution in [-0.2, 0) is 10.2 Å². The second kappa shape index (κ2) is 7.94. The molecule has 0 atom stereocenters. The normalized spacial score (nSPS) is 11.2. The third kappa shape index (κ3) is 4.76. The zero-order valence-electron chi connectivity index (χ0n) is 15.1. The van der Waals surface area contributed by atoms with Gasteiger partial charge in [-0.3, -0.25) is 4.79 Å². The molecule has 0 saturated carbocycles. The van der Waals surface area contributed by atoms with Crippen LogP contribution in [0.2, 0.25) is 0 Å². The first-order valence-corrected chi connectivity index (χ1v) is 10.1. The third-order valence-corrected chi connectivity index (χ3v) is 5.42. The summed E-state index contributed by atoms with van der Waals surface area (Å²) in [7, 11) is 0. The van der Waals surface area contributed by atoms with E-state index in [9.17, 15) is 4.79 Å². The van der Waals surface area contributed by atoms with Gasteiger partial charge in [-0.2, -0.15) is 5.26 Å². The number of carbonyl (C=O) groups is 1. The van der Waals surface area contributed by atoms with Gasteiger partial charge in [0.2, 0.25) is 11.8 Å². The lowest BCUT2D eigenvalue weighted by Crippen LogP contribution is -2.13. The largest absolute Gasteiger partial charge is 0.411 e. The minimum absolute atomic E-state index is 0.0791. The van der Waals surface area contributed by atoms with E-state index in [2.05, 4.69) is 36.3 Å².